The van der Waals surface area contributed by atoms with Gasteiger partial charge in [0.2, 0.25) is 0 Å². The first-order valence-electron chi connectivity index (χ1n) is 6.20. The maximum atomic E-state index is 13.9. The monoisotopic (exact) mass is 347 g/mol. The van der Waals surface area contributed by atoms with Gasteiger partial charge in [-0.3, -0.25) is 4.31 Å². The molecular weight excluding hydrogens is 336 g/mol. The van der Waals surface area contributed by atoms with Crippen LogP contribution in [-0.2, 0) is 10.0 Å². The second kappa shape index (κ2) is 6.60. The Bertz CT molecular complexity index is 783. The minimum atomic E-state index is -4.31. The summed E-state index contributed by atoms with van der Waals surface area (Å²) in [4.78, 5) is -0.602. The van der Waals surface area contributed by atoms with Crippen molar-refractivity contribution in [3.05, 3.63) is 59.1 Å². The Balaban J connectivity index is 2.55. The summed E-state index contributed by atoms with van der Waals surface area (Å²) in [6.07, 6.45) is 0. The summed E-state index contributed by atoms with van der Waals surface area (Å²) in [5, 5.41) is 9.13. The molecule has 0 aliphatic heterocycles. The zero-order valence-corrected chi connectivity index (χ0v) is 12.8. The summed E-state index contributed by atoms with van der Waals surface area (Å²) in [6, 6.07) is 7.94. The molecule has 0 saturated heterocycles. The zero-order chi connectivity index (χ0) is 16.3. The molecule has 0 aliphatic carbocycles. The van der Waals surface area contributed by atoms with E-state index in [0.29, 0.717) is 0 Å². The van der Waals surface area contributed by atoms with Gasteiger partial charge in [-0.15, -0.1) is 0 Å². The van der Waals surface area contributed by atoms with Gasteiger partial charge in [-0.1, -0.05) is 17.7 Å². The number of halogens is 3. The van der Waals surface area contributed by atoms with Crippen molar-refractivity contribution in [3.8, 4) is 0 Å². The van der Waals surface area contributed by atoms with E-state index in [0.717, 1.165) is 28.6 Å². The maximum absolute atomic E-state index is 13.9. The van der Waals surface area contributed by atoms with Gasteiger partial charge < -0.3 is 5.11 Å². The molecule has 0 spiro atoms. The summed E-state index contributed by atoms with van der Waals surface area (Å²) in [5.41, 5.74) is -0.0107. The van der Waals surface area contributed by atoms with Crippen LogP contribution in [0.2, 0.25) is 5.02 Å². The van der Waals surface area contributed by atoms with E-state index >= 15 is 0 Å². The third-order valence-corrected chi connectivity index (χ3v) is 4.96. The molecule has 2 aromatic carbocycles. The highest BCUT2D eigenvalue weighted by atomic mass is 35.5. The van der Waals surface area contributed by atoms with Crippen molar-refractivity contribution in [1.29, 1.82) is 0 Å². The van der Waals surface area contributed by atoms with E-state index in [4.69, 9.17) is 16.7 Å². The molecule has 8 heteroatoms. The van der Waals surface area contributed by atoms with Gasteiger partial charge >= 0.3 is 0 Å². The van der Waals surface area contributed by atoms with Crippen LogP contribution in [0.4, 0.5) is 14.5 Å². The molecule has 0 fully saturated rings. The molecule has 0 aromatic heterocycles. The van der Waals surface area contributed by atoms with E-state index in [1.807, 2.05) is 0 Å². The van der Waals surface area contributed by atoms with E-state index in [1.165, 1.54) is 18.2 Å². The van der Waals surface area contributed by atoms with Crippen molar-refractivity contribution >= 4 is 27.3 Å². The van der Waals surface area contributed by atoms with Gasteiger partial charge in [-0.2, -0.15) is 0 Å². The second-order valence-electron chi connectivity index (χ2n) is 4.36. The van der Waals surface area contributed by atoms with Crippen LogP contribution in [0.3, 0.4) is 0 Å². The molecule has 1 N–H and O–H groups in total. The quantitative estimate of drug-likeness (QED) is 0.904. The lowest BCUT2D eigenvalue weighted by Gasteiger charge is -2.24. The fourth-order valence-corrected chi connectivity index (χ4v) is 3.57. The first-order valence-corrected chi connectivity index (χ1v) is 8.02. The number of rotatable bonds is 5. The van der Waals surface area contributed by atoms with E-state index in [9.17, 15) is 17.2 Å². The Hall–Kier alpha value is -1.70. The van der Waals surface area contributed by atoms with Crippen LogP contribution in [-0.4, -0.2) is 26.7 Å². The van der Waals surface area contributed by atoms with E-state index in [-0.39, 0.29) is 17.3 Å². The molecule has 0 saturated carbocycles. The lowest BCUT2D eigenvalue weighted by atomic mass is 10.3. The molecule has 0 amide bonds. The number of sulfonamides is 1. The van der Waals surface area contributed by atoms with Crippen molar-refractivity contribution in [2.24, 2.45) is 0 Å². The first kappa shape index (κ1) is 16.7. The molecular formula is C14H12ClF2NO3S. The minimum absolute atomic E-state index is 0.0107. The summed E-state index contributed by atoms with van der Waals surface area (Å²) in [7, 11) is -4.31. The zero-order valence-electron chi connectivity index (χ0n) is 11.2. The van der Waals surface area contributed by atoms with Crippen LogP contribution in [0.1, 0.15) is 0 Å². The van der Waals surface area contributed by atoms with E-state index in [2.05, 4.69) is 0 Å². The highest BCUT2D eigenvalue weighted by molar-refractivity contribution is 7.92. The van der Waals surface area contributed by atoms with Gasteiger partial charge in [0, 0.05) is 5.02 Å². The number of benzene rings is 2. The highest BCUT2D eigenvalue weighted by Crippen LogP contribution is 2.27. The number of hydrogen-bond donors (Lipinski definition) is 1. The van der Waals surface area contributed by atoms with Gasteiger partial charge in [0.1, 0.15) is 16.5 Å². The Kier molecular flexibility index (Phi) is 5.00. The van der Waals surface area contributed by atoms with Gasteiger partial charge in [0.25, 0.3) is 10.0 Å². The lowest BCUT2D eigenvalue weighted by molar-refractivity contribution is 0.306. The van der Waals surface area contributed by atoms with Gasteiger partial charge in [0.05, 0.1) is 18.8 Å². The van der Waals surface area contributed by atoms with Crippen LogP contribution in [0.5, 0.6) is 0 Å². The van der Waals surface area contributed by atoms with Crippen molar-refractivity contribution in [2.75, 3.05) is 17.5 Å². The molecule has 0 bridgehead atoms. The predicted molar refractivity (Wildman–Crippen MR) is 79.4 cm³/mol. The molecule has 0 atom stereocenters. The average Bonchev–Trinajstić information content (AvgIpc) is 2.44. The van der Waals surface area contributed by atoms with E-state index in [1.54, 1.807) is 0 Å². The number of aliphatic hydroxyl groups is 1. The van der Waals surface area contributed by atoms with Crippen molar-refractivity contribution in [1.82, 2.24) is 0 Å². The van der Waals surface area contributed by atoms with Crippen LogP contribution in [0.25, 0.3) is 0 Å². The van der Waals surface area contributed by atoms with Crippen LogP contribution >= 0.6 is 11.6 Å². The summed E-state index contributed by atoms with van der Waals surface area (Å²) in [6.45, 7) is -0.848. The molecule has 118 valence electrons. The third-order valence-electron chi connectivity index (χ3n) is 2.86. The summed E-state index contributed by atoms with van der Waals surface area (Å²) in [5.74, 6) is -1.67. The van der Waals surface area contributed by atoms with Crippen LogP contribution in [0.15, 0.2) is 47.4 Å². The fourth-order valence-electron chi connectivity index (χ4n) is 1.91. The molecule has 22 heavy (non-hydrogen) atoms. The molecule has 0 heterocycles. The fraction of sp³-hybridized carbons (Fsp3) is 0.143. The Morgan fingerprint density at radius 1 is 1.14 bits per heavy atom. The minimum Gasteiger partial charge on any atom is -0.394 e. The number of anilines is 1. The standard InChI is InChI=1S/C14H12ClF2NO3S/c15-10-4-5-14(13(17)8-10)22(20,21)18(6-7-19)12-3-1-2-11(16)9-12/h1-5,8-9,19H,6-7H2. The largest absolute Gasteiger partial charge is 0.394 e. The Morgan fingerprint density at radius 2 is 1.86 bits per heavy atom. The van der Waals surface area contributed by atoms with Gasteiger partial charge in [-0.05, 0) is 36.4 Å². The van der Waals surface area contributed by atoms with Crippen molar-refractivity contribution in [3.63, 3.8) is 0 Å². The SMILES string of the molecule is O=S(=O)(c1ccc(Cl)cc1F)N(CCO)c1cccc(F)c1. The number of hydrogen-bond acceptors (Lipinski definition) is 3. The predicted octanol–water partition coefficient (Wildman–Crippen LogP) is 2.81. The molecule has 2 rings (SSSR count). The van der Waals surface area contributed by atoms with Gasteiger partial charge in [-0.25, -0.2) is 17.2 Å². The molecule has 0 unspecified atom stereocenters. The summed E-state index contributed by atoms with van der Waals surface area (Å²) >= 11 is 5.61. The normalized spacial score (nSPS) is 11.5. The van der Waals surface area contributed by atoms with Gasteiger partial charge in [0.15, 0.2) is 0 Å². The average molecular weight is 348 g/mol. The third kappa shape index (κ3) is 3.37. The molecule has 4 nitrogen and oxygen atoms in total. The van der Waals surface area contributed by atoms with Crippen LogP contribution in [0, 0.1) is 11.6 Å². The smallest absolute Gasteiger partial charge is 0.267 e. The first-order chi connectivity index (χ1) is 10.4. The Morgan fingerprint density at radius 3 is 2.45 bits per heavy atom. The van der Waals surface area contributed by atoms with Crippen molar-refractivity contribution in [2.45, 2.75) is 4.90 Å². The maximum Gasteiger partial charge on any atom is 0.267 e. The topological polar surface area (TPSA) is 57.6 Å². The highest BCUT2D eigenvalue weighted by Gasteiger charge is 2.28. The number of nitrogens with zero attached hydrogens (tertiary/aromatic N) is 1. The molecule has 2 aromatic rings. The summed E-state index contributed by atoms with van der Waals surface area (Å²) < 4.78 is 53.1. The van der Waals surface area contributed by atoms with Crippen LogP contribution < -0.4 is 4.31 Å². The second-order valence-corrected chi connectivity index (χ2v) is 6.62. The van der Waals surface area contributed by atoms with Crippen molar-refractivity contribution < 1.29 is 22.3 Å². The Labute approximate surface area is 131 Å². The molecule has 0 radical (unpaired) electrons. The lowest BCUT2D eigenvalue weighted by Crippen LogP contribution is -2.34. The number of aliphatic hydroxyl groups excluding tert-OH is 1. The van der Waals surface area contributed by atoms with E-state index < -0.39 is 33.2 Å². The molecule has 0 aliphatic rings.